The van der Waals surface area contributed by atoms with Crippen molar-refractivity contribution in [1.29, 1.82) is 0 Å². The second-order valence-corrected chi connectivity index (χ2v) is 6.90. The van der Waals surface area contributed by atoms with Crippen LogP contribution in [0.3, 0.4) is 0 Å². The lowest BCUT2D eigenvalue weighted by Crippen LogP contribution is -2.48. The molecule has 1 aliphatic carbocycles. The van der Waals surface area contributed by atoms with Crippen molar-refractivity contribution in [3.05, 3.63) is 35.9 Å². The van der Waals surface area contributed by atoms with Crippen LogP contribution in [0.15, 0.2) is 30.3 Å². The molecule has 1 nitrogen and oxygen atoms in total. The number of benzene rings is 1. The highest BCUT2D eigenvalue weighted by molar-refractivity contribution is 7.80. The molecule has 1 heterocycles. The molecule has 1 aromatic carbocycles. The summed E-state index contributed by atoms with van der Waals surface area (Å²) in [7, 11) is 0. The molecular formula is C18H27NS. The topological polar surface area (TPSA) is 3.24 Å². The molecule has 1 aromatic rings. The van der Waals surface area contributed by atoms with Gasteiger partial charge in [-0.05, 0) is 49.5 Å². The summed E-state index contributed by atoms with van der Waals surface area (Å²) in [6, 6.07) is 11.8. The third-order valence-electron chi connectivity index (χ3n) is 5.30. The summed E-state index contributed by atoms with van der Waals surface area (Å²) < 4.78 is 0. The lowest BCUT2D eigenvalue weighted by molar-refractivity contribution is 0.0574. The van der Waals surface area contributed by atoms with Crippen LogP contribution in [0.1, 0.15) is 50.0 Å². The van der Waals surface area contributed by atoms with Crippen LogP contribution in [0.2, 0.25) is 0 Å². The Morgan fingerprint density at radius 1 is 1.05 bits per heavy atom. The number of nitrogens with zero attached hydrogens (tertiary/aromatic N) is 1. The molecule has 1 saturated heterocycles. The summed E-state index contributed by atoms with van der Waals surface area (Å²) in [6.07, 6.45) is 8.67. The number of hydrogen-bond acceptors (Lipinski definition) is 2. The second kappa shape index (κ2) is 7.00. The SMILES string of the molecule is SCC(CN1CCC[C@H]2CCCC[C@H]21)c1ccccc1. The maximum atomic E-state index is 4.62. The monoisotopic (exact) mass is 289 g/mol. The number of hydrogen-bond donors (Lipinski definition) is 1. The molecular weight excluding hydrogens is 262 g/mol. The quantitative estimate of drug-likeness (QED) is 0.806. The van der Waals surface area contributed by atoms with Gasteiger partial charge in [0.05, 0.1) is 0 Å². The van der Waals surface area contributed by atoms with Gasteiger partial charge in [-0.3, -0.25) is 4.90 Å². The van der Waals surface area contributed by atoms with Crippen molar-refractivity contribution in [2.45, 2.75) is 50.5 Å². The van der Waals surface area contributed by atoms with Crippen LogP contribution >= 0.6 is 12.6 Å². The smallest absolute Gasteiger partial charge is 0.0124 e. The number of fused-ring (bicyclic) bond motifs is 1. The molecule has 0 amide bonds. The molecule has 2 aliphatic rings. The standard InChI is InChI=1S/C18H27NS/c20-14-17(15-7-2-1-3-8-15)13-19-12-6-10-16-9-4-5-11-18(16)19/h1-3,7-8,16-18,20H,4-6,9-14H2/t16-,17?,18-/m1/s1. The van der Waals surface area contributed by atoms with Crippen LogP contribution in [0.5, 0.6) is 0 Å². The maximum absolute atomic E-state index is 4.62. The Kier molecular flexibility index (Phi) is 5.06. The zero-order valence-corrected chi connectivity index (χ0v) is 13.3. The van der Waals surface area contributed by atoms with Crippen molar-refractivity contribution in [3.63, 3.8) is 0 Å². The van der Waals surface area contributed by atoms with Crippen molar-refractivity contribution < 1.29 is 0 Å². The molecule has 0 radical (unpaired) electrons. The van der Waals surface area contributed by atoms with Gasteiger partial charge in [-0.25, -0.2) is 0 Å². The lowest BCUT2D eigenvalue weighted by Gasteiger charge is -2.45. The van der Waals surface area contributed by atoms with Crippen molar-refractivity contribution in [2.75, 3.05) is 18.8 Å². The minimum atomic E-state index is 0.584. The Labute approximate surface area is 129 Å². The molecule has 0 N–H and O–H groups in total. The Balaban J connectivity index is 1.68. The van der Waals surface area contributed by atoms with Gasteiger partial charge >= 0.3 is 0 Å². The first-order valence-corrected chi connectivity index (χ1v) is 8.91. The summed E-state index contributed by atoms with van der Waals surface area (Å²) in [5.41, 5.74) is 1.46. The van der Waals surface area contributed by atoms with Gasteiger partial charge in [-0.2, -0.15) is 12.6 Å². The summed E-state index contributed by atoms with van der Waals surface area (Å²) in [6.45, 7) is 2.51. The van der Waals surface area contributed by atoms with E-state index in [-0.39, 0.29) is 0 Å². The first-order chi connectivity index (χ1) is 9.88. The highest BCUT2D eigenvalue weighted by Crippen LogP contribution is 2.36. The molecule has 3 atom stereocenters. The maximum Gasteiger partial charge on any atom is 0.0124 e. The first-order valence-electron chi connectivity index (χ1n) is 8.28. The number of likely N-dealkylation sites (tertiary alicyclic amines) is 1. The van der Waals surface area contributed by atoms with Crippen molar-refractivity contribution in [2.24, 2.45) is 5.92 Å². The average Bonchev–Trinajstić information content (AvgIpc) is 2.53. The van der Waals surface area contributed by atoms with E-state index in [1.54, 1.807) is 0 Å². The van der Waals surface area contributed by atoms with E-state index in [2.05, 4.69) is 47.9 Å². The van der Waals surface area contributed by atoms with Gasteiger partial charge in [0.15, 0.2) is 0 Å². The normalized spacial score (nSPS) is 28.9. The van der Waals surface area contributed by atoms with E-state index in [1.807, 2.05) is 0 Å². The second-order valence-electron chi connectivity index (χ2n) is 6.54. The molecule has 1 aliphatic heterocycles. The van der Waals surface area contributed by atoms with Crippen molar-refractivity contribution in [1.82, 2.24) is 4.90 Å². The molecule has 3 rings (SSSR count). The summed E-state index contributed by atoms with van der Waals surface area (Å²) >= 11 is 4.62. The Morgan fingerprint density at radius 2 is 1.80 bits per heavy atom. The van der Waals surface area contributed by atoms with Crippen LogP contribution in [0, 0.1) is 5.92 Å². The minimum Gasteiger partial charge on any atom is -0.299 e. The Morgan fingerprint density at radius 3 is 2.60 bits per heavy atom. The van der Waals surface area contributed by atoms with E-state index in [9.17, 15) is 0 Å². The molecule has 1 unspecified atom stereocenters. The number of thiol groups is 1. The van der Waals surface area contributed by atoms with Crippen LogP contribution < -0.4 is 0 Å². The van der Waals surface area contributed by atoms with Gasteiger partial charge in [-0.15, -0.1) is 0 Å². The molecule has 0 aromatic heterocycles. The molecule has 110 valence electrons. The van der Waals surface area contributed by atoms with E-state index in [0.717, 1.165) is 17.7 Å². The first kappa shape index (κ1) is 14.5. The van der Waals surface area contributed by atoms with E-state index >= 15 is 0 Å². The molecule has 2 fully saturated rings. The largest absolute Gasteiger partial charge is 0.299 e. The fourth-order valence-corrected chi connectivity index (χ4v) is 4.56. The molecule has 0 spiro atoms. The van der Waals surface area contributed by atoms with Crippen LogP contribution in [-0.4, -0.2) is 29.8 Å². The molecule has 2 heteroatoms. The molecule has 1 saturated carbocycles. The summed E-state index contributed by atoms with van der Waals surface area (Å²) in [4.78, 5) is 2.79. The van der Waals surface area contributed by atoms with E-state index < -0.39 is 0 Å². The fraction of sp³-hybridized carbons (Fsp3) is 0.667. The number of piperidine rings is 1. The molecule has 20 heavy (non-hydrogen) atoms. The van der Waals surface area contributed by atoms with Gasteiger partial charge < -0.3 is 0 Å². The van der Waals surface area contributed by atoms with Gasteiger partial charge in [0, 0.05) is 18.5 Å². The van der Waals surface area contributed by atoms with Crippen LogP contribution in [0.4, 0.5) is 0 Å². The zero-order valence-electron chi connectivity index (χ0n) is 12.4. The third-order valence-corrected chi connectivity index (χ3v) is 5.75. The highest BCUT2D eigenvalue weighted by atomic mass is 32.1. The highest BCUT2D eigenvalue weighted by Gasteiger charge is 2.33. The zero-order chi connectivity index (χ0) is 13.8. The fourth-order valence-electron chi connectivity index (χ4n) is 4.23. The van der Waals surface area contributed by atoms with E-state index in [0.29, 0.717) is 5.92 Å². The van der Waals surface area contributed by atoms with Gasteiger partial charge in [0.25, 0.3) is 0 Å². The average molecular weight is 289 g/mol. The summed E-state index contributed by atoms with van der Waals surface area (Å²) in [5, 5.41) is 0. The van der Waals surface area contributed by atoms with Crippen LogP contribution in [-0.2, 0) is 0 Å². The lowest BCUT2D eigenvalue weighted by atomic mass is 9.78. The van der Waals surface area contributed by atoms with Gasteiger partial charge in [0.1, 0.15) is 0 Å². The van der Waals surface area contributed by atoms with Gasteiger partial charge in [0.2, 0.25) is 0 Å². The molecule has 0 bridgehead atoms. The van der Waals surface area contributed by atoms with Crippen molar-refractivity contribution >= 4 is 12.6 Å². The predicted molar refractivity (Wildman–Crippen MR) is 89.6 cm³/mol. The minimum absolute atomic E-state index is 0.584. The van der Waals surface area contributed by atoms with Crippen molar-refractivity contribution in [3.8, 4) is 0 Å². The van der Waals surface area contributed by atoms with E-state index in [1.165, 1.54) is 57.2 Å². The Hall–Kier alpha value is -0.470. The van der Waals surface area contributed by atoms with E-state index in [4.69, 9.17) is 0 Å². The Bertz CT molecular complexity index is 403. The third kappa shape index (κ3) is 3.23. The van der Waals surface area contributed by atoms with Gasteiger partial charge in [-0.1, -0.05) is 43.2 Å². The van der Waals surface area contributed by atoms with Crippen LogP contribution in [0.25, 0.3) is 0 Å². The number of rotatable bonds is 4. The summed E-state index contributed by atoms with van der Waals surface area (Å²) in [5.74, 6) is 2.52. The predicted octanol–water partition coefficient (Wildman–Crippen LogP) is 4.35.